The molecule has 0 saturated heterocycles. The van der Waals surface area contributed by atoms with Crippen molar-refractivity contribution in [3.63, 3.8) is 0 Å². The van der Waals surface area contributed by atoms with Crippen molar-refractivity contribution in [3.05, 3.63) is 57.9 Å². The topological polar surface area (TPSA) is 115 Å². The van der Waals surface area contributed by atoms with Crippen molar-refractivity contribution < 1.29 is 9.66 Å². The smallest absolute Gasteiger partial charge is 0.312 e. The number of nitro groups is 1. The lowest BCUT2D eigenvalue weighted by molar-refractivity contribution is -0.385. The number of aromatic nitrogens is 1. The average Bonchev–Trinajstić information content (AvgIpc) is 2.48. The summed E-state index contributed by atoms with van der Waals surface area (Å²) < 4.78 is 5.45. The van der Waals surface area contributed by atoms with Crippen molar-refractivity contribution in [2.75, 3.05) is 0 Å². The molecule has 106 valence electrons. The maximum Gasteiger partial charge on any atom is 0.312 e. The quantitative estimate of drug-likeness (QED) is 0.681. The second kappa shape index (κ2) is 5.98. The Kier molecular flexibility index (Phi) is 4.11. The van der Waals surface area contributed by atoms with Crippen molar-refractivity contribution in [3.8, 4) is 17.6 Å². The molecule has 2 rings (SSSR count). The van der Waals surface area contributed by atoms with Crippen molar-refractivity contribution in [2.24, 2.45) is 5.73 Å². The summed E-state index contributed by atoms with van der Waals surface area (Å²) in [5.74, 6) is 0.404. The van der Waals surface area contributed by atoms with Gasteiger partial charge in [0.15, 0.2) is 0 Å². The molecule has 2 N–H and O–H groups in total. The van der Waals surface area contributed by atoms with Gasteiger partial charge >= 0.3 is 5.69 Å². The summed E-state index contributed by atoms with van der Waals surface area (Å²) in [5, 5.41) is 19.8. The summed E-state index contributed by atoms with van der Waals surface area (Å²) in [5.41, 5.74) is 6.30. The zero-order valence-electron chi connectivity index (χ0n) is 11.2. The first-order valence-corrected chi connectivity index (χ1v) is 6.09. The molecular weight excluding hydrogens is 272 g/mol. The summed E-state index contributed by atoms with van der Waals surface area (Å²) >= 11 is 0. The van der Waals surface area contributed by atoms with E-state index >= 15 is 0 Å². The van der Waals surface area contributed by atoms with Crippen molar-refractivity contribution >= 4 is 5.69 Å². The number of nitro benzene ring substituents is 1. The minimum Gasteiger partial charge on any atom is -0.449 e. The zero-order valence-corrected chi connectivity index (χ0v) is 11.2. The van der Waals surface area contributed by atoms with E-state index in [4.69, 9.17) is 15.7 Å². The molecule has 7 nitrogen and oxygen atoms in total. The van der Waals surface area contributed by atoms with E-state index in [9.17, 15) is 10.1 Å². The molecule has 0 amide bonds. The fraction of sp³-hybridized carbons (Fsp3) is 0.143. The van der Waals surface area contributed by atoms with Gasteiger partial charge in [-0.3, -0.25) is 15.1 Å². The van der Waals surface area contributed by atoms with Gasteiger partial charge in [0.2, 0.25) is 5.75 Å². The van der Waals surface area contributed by atoms with E-state index < -0.39 is 4.92 Å². The van der Waals surface area contributed by atoms with E-state index in [1.54, 1.807) is 19.1 Å². The predicted octanol–water partition coefficient (Wildman–Crippen LogP) is 2.67. The van der Waals surface area contributed by atoms with Gasteiger partial charge in [-0.2, -0.15) is 5.26 Å². The Balaban J connectivity index is 2.31. The number of nitrogens with two attached hydrogens (primary N) is 1. The summed E-state index contributed by atoms with van der Waals surface area (Å²) in [6.07, 6.45) is 1.45. The highest BCUT2D eigenvalue weighted by atomic mass is 16.6. The second-order valence-corrected chi connectivity index (χ2v) is 4.36. The summed E-state index contributed by atoms with van der Waals surface area (Å²) in [6.45, 7) is 1.80. The molecule has 0 bridgehead atoms. The van der Waals surface area contributed by atoms with Crippen molar-refractivity contribution in [2.45, 2.75) is 13.0 Å². The molecule has 0 saturated carbocycles. The Morgan fingerprint density at radius 1 is 1.43 bits per heavy atom. The first-order valence-electron chi connectivity index (χ1n) is 6.09. The lowest BCUT2D eigenvalue weighted by Gasteiger charge is -2.08. The van der Waals surface area contributed by atoms with Crippen LogP contribution in [0.1, 0.15) is 24.2 Å². The molecule has 7 heteroatoms. The molecule has 0 spiro atoms. The fourth-order valence-electron chi connectivity index (χ4n) is 1.66. The van der Waals surface area contributed by atoms with E-state index in [1.807, 2.05) is 6.07 Å². The van der Waals surface area contributed by atoms with Crippen LogP contribution in [0.4, 0.5) is 5.69 Å². The number of nitriles is 1. The Hall–Kier alpha value is -2.98. The van der Waals surface area contributed by atoms with Gasteiger partial charge in [0.1, 0.15) is 5.75 Å². The standard InChI is InChI=1S/C14H12N4O3/c1-9(16)12-4-3-11(8-17-12)21-14-5-2-10(7-15)6-13(14)18(19)20/h2-6,8-9H,16H2,1H3/t9-/m0/s1. The molecule has 0 aliphatic heterocycles. The SMILES string of the molecule is C[C@H](N)c1ccc(Oc2ccc(C#N)cc2[N+](=O)[O-])cn1. The van der Waals surface area contributed by atoms with Gasteiger partial charge < -0.3 is 10.5 Å². The summed E-state index contributed by atoms with van der Waals surface area (Å²) in [6, 6.07) is 8.97. The van der Waals surface area contributed by atoms with Gasteiger partial charge in [-0.25, -0.2) is 0 Å². The Morgan fingerprint density at radius 3 is 2.71 bits per heavy atom. The third-order valence-electron chi connectivity index (χ3n) is 2.74. The monoisotopic (exact) mass is 284 g/mol. The number of hydrogen-bond acceptors (Lipinski definition) is 6. The molecule has 0 unspecified atom stereocenters. The van der Waals surface area contributed by atoms with Crippen LogP contribution in [-0.2, 0) is 0 Å². The van der Waals surface area contributed by atoms with E-state index in [0.717, 1.165) is 0 Å². The van der Waals surface area contributed by atoms with Crippen LogP contribution in [0, 0.1) is 21.4 Å². The molecule has 1 atom stereocenters. The molecule has 1 heterocycles. The molecule has 21 heavy (non-hydrogen) atoms. The van der Waals surface area contributed by atoms with Crippen LogP contribution in [0.25, 0.3) is 0 Å². The van der Waals surface area contributed by atoms with E-state index in [0.29, 0.717) is 11.4 Å². The molecule has 0 aliphatic rings. The lowest BCUT2D eigenvalue weighted by atomic mass is 10.2. The minimum atomic E-state index is -0.597. The van der Waals surface area contributed by atoms with Crippen LogP contribution in [0.2, 0.25) is 0 Å². The maximum absolute atomic E-state index is 11.0. The van der Waals surface area contributed by atoms with Gasteiger partial charge in [-0.15, -0.1) is 0 Å². The van der Waals surface area contributed by atoms with Gasteiger partial charge in [0, 0.05) is 12.1 Å². The largest absolute Gasteiger partial charge is 0.449 e. The number of benzene rings is 1. The number of nitrogens with zero attached hydrogens (tertiary/aromatic N) is 3. The Bertz CT molecular complexity index is 705. The summed E-state index contributed by atoms with van der Waals surface area (Å²) in [7, 11) is 0. The highest BCUT2D eigenvalue weighted by molar-refractivity contribution is 5.53. The maximum atomic E-state index is 11.0. The van der Waals surface area contributed by atoms with Crippen LogP contribution >= 0.6 is 0 Å². The third kappa shape index (κ3) is 3.32. The molecule has 0 fully saturated rings. The van der Waals surface area contributed by atoms with Crippen molar-refractivity contribution in [1.82, 2.24) is 4.98 Å². The van der Waals surface area contributed by atoms with Gasteiger partial charge in [0.25, 0.3) is 0 Å². The molecular formula is C14H12N4O3. The molecule has 1 aromatic carbocycles. The van der Waals surface area contributed by atoms with E-state index in [1.165, 1.54) is 24.4 Å². The van der Waals surface area contributed by atoms with Crippen LogP contribution < -0.4 is 10.5 Å². The molecule has 2 aromatic rings. The van der Waals surface area contributed by atoms with Crippen LogP contribution in [0.3, 0.4) is 0 Å². The number of rotatable bonds is 4. The normalized spacial score (nSPS) is 11.5. The first-order chi connectivity index (χ1) is 10.0. The minimum absolute atomic E-state index is 0.0503. The Morgan fingerprint density at radius 2 is 2.19 bits per heavy atom. The number of pyridine rings is 1. The zero-order chi connectivity index (χ0) is 15.4. The van der Waals surface area contributed by atoms with E-state index in [-0.39, 0.29) is 23.0 Å². The summed E-state index contributed by atoms with van der Waals surface area (Å²) in [4.78, 5) is 14.5. The van der Waals surface area contributed by atoms with Gasteiger partial charge in [0.05, 0.1) is 28.4 Å². The number of hydrogen-bond donors (Lipinski definition) is 1. The predicted molar refractivity (Wildman–Crippen MR) is 74.7 cm³/mol. The average molecular weight is 284 g/mol. The number of ether oxygens (including phenoxy) is 1. The first kappa shape index (κ1) is 14.4. The van der Waals surface area contributed by atoms with Crippen LogP contribution in [-0.4, -0.2) is 9.91 Å². The highest BCUT2D eigenvalue weighted by Crippen LogP contribution is 2.31. The fourth-order valence-corrected chi connectivity index (χ4v) is 1.66. The van der Waals surface area contributed by atoms with Gasteiger partial charge in [-0.05, 0) is 31.2 Å². The second-order valence-electron chi connectivity index (χ2n) is 4.36. The van der Waals surface area contributed by atoms with Crippen LogP contribution in [0.15, 0.2) is 36.5 Å². The molecule has 0 radical (unpaired) electrons. The highest BCUT2D eigenvalue weighted by Gasteiger charge is 2.17. The van der Waals surface area contributed by atoms with Crippen LogP contribution in [0.5, 0.6) is 11.5 Å². The van der Waals surface area contributed by atoms with E-state index in [2.05, 4.69) is 4.98 Å². The lowest BCUT2D eigenvalue weighted by Crippen LogP contribution is -2.06. The third-order valence-corrected chi connectivity index (χ3v) is 2.74. The van der Waals surface area contributed by atoms with Crippen molar-refractivity contribution in [1.29, 1.82) is 5.26 Å². The Labute approximate surface area is 120 Å². The van der Waals surface area contributed by atoms with Gasteiger partial charge in [-0.1, -0.05) is 0 Å². The molecule has 0 aliphatic carbocycles. The molecule has 1 aromatic heterocycles.